The third-order valence-corrected chi connectivity index (χ3v) is 3.46. The van der Waals surface area contributed by atoms with Gasteiger partial charge < -0.3 is 11.1 Å². The second kappa shape index (κ2) is 4.47. The zero-order chi connectivity index (χ0) is 11.6. The van der Waals surface area contributed by atoms with E-state index in [0.29, 0.717) is 0 Å². The molecule has 1 aliphatic rings. The van der Waals surface area contributed by atoms with Crippen LogP contribution in [-0.4, -0.2) is 16.9 Å². The lowest BCUT2D eigenvalue weighted by Crippen LogP contribution is -2.47. The molecule has 1 amide bonds. The minimum Gasteiger partial charge on any atom is -0.392 e. The number of rotatable bonds is 5. The maximum Gasteiger partial charge on any atom is 0.232 e. The minimum absolute atomic E-state index is 0.0665. The van der Waals surface area contributed by atoms with E-state index in [1.54, 1.807) is 13.8 Å². The van der Waals surface area contributed by atoms with E-state index in [2.05, 4.69) is 5.32 Å². The molecule has 86 valence electrons. The van der Waals surface area contributed by atoms with Crippen molar-refractivity contribution in [2.75, 3.05) is 0 Å². The summed E-state index contributed by atoms with van der Waals surface area (Å²) in [5, 5.41) is 2.97. The third-order valence-electron chi connectivity index (χ3n) is 2.94. The van der Waals surface area contributed by atoms with Gasteiger partial charge in [-0.15, -0.1) is 0 Å². The SMILES string of the molecule is CC(CC1CC1)NC(=O)C(C)(C)C(N)=S. The van der Waals surface area contributed by atoms with Crippen LogP contribution in [0.2, 0.25) is 0 Å². The highest BCUT2D eigenvalue weighted by Crippen LogP contribution is 2.33. The van der Waals surface area contributed by atoms with Crippen molar-refractivity contribution in [2.45, 2.75) is 46.1 Å². The number of carbonyl (C=O) groups is 1. The predicted octanol–water partition coefficient (Wildman–Crippen LogP) is 1.60. The normalized spacial score (nSPS) is 18.3. The fourth-order valence-corrected chi connectivity index (χ4v) is 1.52. The van der Waals surface area contributed by atoms with E-state index in [4.69, 9.17) is 18.0 Å². The lowest BCUT2D eigenvalue weighted by molar-refractivity contribution is -0.126. The highest BCUT2D eigenvalue weighted by Gasteiger charge is 2.32. The second-order valence-electron chi connectivity index (χ2n) is 5.04. The molecule has 1 fully saturated rings. The van der Waals surface area contributed by atoms with Gasteiger partial charge in [0, 0.05) is 6.04 Å². The number of nitrogens with two attached hydrogens (primary N) is 1. The van der Waals surface area contributed by atoms with Crippen LogP contribution in [0.1, 0.15) is 40.0 Å². The zero-order valence-corrected chi connectivity index (χ0v) is 10.5. The van der Waals surface area contributed by atoms with Crippen LogP contribution in [0.3, 0.4) is 0 Å². The van der Waals surface area contributed by atoms with Crippen molar-refractivity contribution in [1.82, 2.24) is 5.32 Å². The number of hydrogen-bond acceptors (Lipinski definition) is 2. The molecule has 0 aromatic carbocycles. The standard InChI is InChI=1S/C11H20N2OS/c1-7(6-8-4-5-8)13-10(14)11(2,3)9(12)15/h7-8H,4-6H2,1-3H3,(H2,12,15)(H,13,14). The van der Waals surface area contributed by atoms with Gasteiger partial charge in [0.1, 0.15) is 0 Å². The van der Waals surface area contributed by atoms with E-state index in [1.165, 1.54) is 12.8 Å². The molecule has 1 saturated carbocycles. The van der Waals surface area contributed by atoms with E-state index in [-0.39, 0.29) is 16.9 Å². The molecule has 1 atom stereocenters. The van der Waals surface area contributed by atoms with Gasteiger partial charge in [0.25, 0.3) is 0 Å². The van der Waals surface area contributed by atoms with Crippen LogP contribution < -0.4 is 11.1 Å². The molecule has 0 aromatic heterocycles. The van der Waals surface area contributed by atoms with Gasteiger partial charge in [-0.25, -0.2) is 0 Å². The summed E-state index contributed by atoms with van der Waals surface area (Å²) in [4.78, 5) is 12.1. The first-order valence-corrected chi connectivity index (χ1v) is 5.85. The average molecular weight is 228 g/mol. The van der Waals surface area contributed by atoms with Crippen molar-refractivity contribution < 1.29 is 4.79 Å². The van der Waals surface area contributed by atoms with E-state index in [1.807, 2.05) is 6.92 Å². The molecule has 0 heterocycles. The fraction of sp³-hybridized carbons (Fsp3) is 0.818. The number of nitrogens with one attached hydrogen (secondary N) is 1. The highest BCUT2D eigenvalue weighted by molar-refractivity contribution is 7.80. The minimum atomic E-state index is -0.743. The van der Waals surface area contributed by atoms with E-state index in [0.717, 1.165) is 12.3 Å². The predicted molar refractivity (Wildman–Crippen MR) is 65.5 cm³/mol. The van der Waals surface area contributed by atoms with Crippen LogP contribution in [0, 0.1) is 11.3 Å². The van der Waals surface area contributed by atoms with Gasteiger partial charge >= 0.3 is 0 Å². The Morgan fingerprint density at radius 3 is 2.53 bits per heavy atom. The Balaban J connectivity index is 2.42. The molecule has 15 heavy (non-hydrogen) atoms. The maximum atomic E-state index is 11.8. The summed E-state index contributed by atoms with van der Waals surface area (Å²) in [6.45, 7) is 5.55. The monoisotopic (exact) mass is 228 g/mol. The molecule has 3 N–H and O–H groups in total. The van der Waals surface area contributed by atoms with Crippen LogP contribution in [0.25, 0.3) is 0 Å². The van der Waals surface area contributed by atoms with Crippen molar-refractivity contribution in [3.63, 3.8) is 0 Å². The molecular weight excluding hydrogens is 208 g/mol. The molecular formula is C11H20N2OS. The van der Waals surface area contributed by atoms with E-state index < -0.39 is 5.41 Å². The Kier molecular flexibility index (Phi) is 3.71. The number of carbonyl (C=O) groups excluding carboxylic acids is 1. The summed E-state index contributed by atoms with van der Waals surface area (Å²) < 4.78 is 0. The van der Waals surface area contributed by atoms with Crippen molar-refractivity contribution >= 4 is 23.1 Å². The van der Waals surface area contributed by atoms with Gasteiger partial charge in [-0.3, -0.25) is 4.79 Å². The van der Waals surface area contributed by atoms with Crippen molar-refractivity contribution in [1.29, 1.82) is 0 Å². The Morgan fingerprint density at radius 1 is 1.60 bits per heavy atom. The zero-order valence-electron chi connectivity index (χ0n) is 9.67. The summed E-state index contributed by atoms with van der Waals surface area (Å²) in [7, 11) is 0. The van der Waals surface area contributed by atoms with Crippen molar-refractivity contribution in [2.24, 2.45) is 17.1 Å². The molecule has 3 nitrogen and oxygen atoms in total. The van der Waals surface area contributed by atoms with Crippen LogP contribution >= 0.6 is 12.2 Å². The molecule has 0 aromatic rings. The average Bonchev–Trinajstić information content (AvgIpc) is 2.87. The van der Waals surface area contributed by atoms with E-state index in [9.17, 15) is 4.79 Å². The first kappa shape index (κ1) is 12.4. The van der Waals surface area contributed by atoms with Gasteiger partial charge in [-0.2, -0.15) is 0 Å². The topological polar surface area (TPSA) is 55.1 Å². The summed E-state index contributed by atoms with van der Waals surface area (Å²) in [5.41, 5.74) is 4.79. The highest BCUT2D eigenvalue weighted by atomic mass is 32.1. The van der Waals surface area contributed by atoms with E-state index >= 15 is 0 Å². The Hall–Kier alpha value is -0.640. The maximum absolute atomic E-state index is 11.8. The van der Waals surface area contributed by atoms with Gasteiger partial charge in [0.05, 0.1) is 10.4 Å². The fourth-order valence-electron chi connectivity index (χ4n) is 1.43. The largest absolute Gasteiger partial charge is 0.392 e. The third kappa shape index (κ3) is 3.45. The molecule has 0 spiro atoms. The van der Waals surface area contributed by atoms with Gasteiger partial charge in [-0.1, -0.05) is 25.1 Å². The Labute approximate surface area is 96.8 Å². The first-order valence-electron chi connectivity index (χ1n) is 5.45. The Bertz CT molecular complexity index is 272. The number of amides is 1. The summed E-state index contributed by atoms with van der Waals surface area (Å²) in [6.07, 6.45) is 3.68. The molecule has 4 heteroatoms. The van der Waals surface area contributed by atoms with Gasteiger partial charge in [0.15, 0.2) is 0 Å². The summed E-state index contributed by atoms with van der Waals surface area (Å²) in [5.74, 6) is 0.747. The molecule has 0 bridgehead atoms. The molecule has 1 rings (SSSR count). The second-order valence-corrected chi connectivity index (χ2v) is 5.48. The van der Waals surface area contributed by atoms with Crippen LogP contribution in [0.4, 0.5) is 0 Å². The quantitative estimate of drug-likeness (QED) is 0.703. The lowest BCUT2D eigenvalue weighted by Gasteiger charge is -2.24. The number of hydrogen-bond donors (Lipinski definition) is 2. The summed E-state index contributed by atoms with van der Waals surface area (Å²) >= 11 is 4.88. The lowest BCUT2D eigenvalue weighted by atomic mass is 9.92. The first-order chi connectivity index (χ1) is 6.84. The van der Waals surface area contributed by atoms with Crippen LogP contribution in [0.5, 0.6) is 0 Å². The van der Waals surface area contributed by atoms with Gasteiger partial charge in [0.2, 0.25) is 5.91 Å². The van der Waals surface area contributed by atoms with Crippen molar-refractivity contribution in [3.05, 3.63) is 0 Å². The molecule has 0 radical (unpaired) electrons. The molecule has 0 saturated heterocycles. The molecule has 0 aliphatic heterocycles. The smallest absolute Gasteiger partial charge is 0.232 e. The van der Waals surface area contributed by atoms with Crippen LogP contribution in [-0.2, 0) is 4.79 Å². The summed E-state index contributed by atoms with van der Waals surface area (Å²) in [6, 6.07) is 0.221. The molecule has 1 aliphatic carbocycles. The Morgan fingerprint density at radius 2 is 2.13 bits per heavy atom. The number of thiocarbonyl (C=S) groups is 1. The molecule has 1 unspecified atom stereocenters. The van der Waals surface area contributed by atoms with Gasteiger partial charge in [-0.05, 0) is 33.1 Å². The van der Waals surface area contributed by atoms with Crippen molar-refractivity contribution in [3.8, 4) is 0 Å². The van der Waals surface area contributed by atoms with Crippen LogP contribution in [0.15, 0.2) is 0 Å².